The van der Waals surface area contributed by atoms with Gasteiger partial charge in [0.1, 0.15) is 0 Å². The van der Waals surface area contributed by atoms with Gasteiger partial charge in [0.25, 0.3) is 0 Å². The maximum atomic E-state index is 6.10. The molecule has 1 aliphatic heterocycles. The van der Waals surface area contributed by atoms with E-state index in [0.29, 0.717) is 18.1 Å². The molecule has 0 amide bonds. The Bertz CT molecular complexity index is 436. The third-order valence-electron chi connectivity index (χ3n) is 4.38. The van der Waals surface area contributed by atoms with Gasteiger partial charge in [0, 0.05) is 25.0 Å². The van der Waals surface area contributed by atoms with Gasteiger partial charge < -0.3 is 14.6 Å². The molecule has 1 fully saturated rings. The average molecular weight is 292 g/mol. The predicted octanol–water partition coefficient (Wildman–Crippen LogP) is 4.14. The molecule has 0 aliphatic carbocycles. The second kappa shape index (κ2) is 6.97. The summed E-state index contributed by atoms with van der Waals surface area (Å²) < 4.78 is 8.39. The Balaban J connectivity index is 1.96. The maximum Gasteiger partial charge on any atom is 0.0762 e. The van der Waals surface area contributed by atoms with Crippen LogP contribution in [0.2, 0.25) is 0 Å². The smallest absolute Gasteiger partial charge is 0.0762 e. The highest BCUT2D eigenvalue weighted by molar-refractivity contribution is 5.16. The first-order valence-corrected chi connectivity index (χ1v) is 8.48. The van der Waals surface area contributed by atoms with Crippen LogP contribution in [-0.2, 0) is 11.3 Å². The normalized spacial score (nSPS) is 22.9. The van der Waals surface area contributed by atoms with Crippen molar-refractivity contribution in [1.29, 1.82) is 0 Å². The maximum absolute atomic E-state index is 6.10. The van der Waals surface area contributed by atoms with E-state index in [-0.39, 0.29) is 5.60 Å². The topological polar surface area (TPSA) is 26.2 Å². The van der Waals surface area contributed by atoms with Gasteiger partial charge in [-0.25, -0.2) is 0 Å². The van der Waals surface area contributed by atoms with Crippen molar-refractivity contribution in [2.24, 2.45) is 5.92 Å². The summed E-state index contributed by atoms with van der Waals surface area (Å²) in [6, 6.07) is 2.71. The SMILES string of the molecule is CCCNC(c1ccn(CC2CCC(C)(C)O2)c1)C(C)C. The summed E-state index contributed by atoms with van der Waals surface area (Å²) in [5.74, 6) is 0.606. The number of hydrogen-bond donors (Lipinski definition) is 1. The van der Waals surface area contributed by atoms with Crippen LogP contribution >= 0.6 is 0 Å². The number of hydrogen-bond acceptors (Lipinski definition) is 2. The van der Waals surface area contributed by atoms with Gasteiger partial charge in [0.2, 0.25) is 0 Å². The summed E-state index contributed by atoms with van der Waals surface area (Å²) in [5.41, 5.74) is 1.46. The summed E-state index contributed by atoms with van der Waals surface area (Å²) in [4.78, 5) is 0. The second-order valence-electron chi connectivity index (χ2n) is 7.36. The lowest BCUT2D eigenvalue weighted by atomic mass is 9.98. The van der Waals surface area contributed by atoms with Gasteiger partial charge in [-0.15, -0.1) is 0 Å². The number of nitrogens with one attached hydrogen (secondary N) is 1. The Morgan fingerprint density at radius 1 is 1.43 bits per heavy atom. The highest BCUT2D eigenvalue weighted by Crippen LogP contribution is 2.30. The molecule has 1 saturated heterocycles. The summed E-state index contributed by atoms with van der Waals surface area (Å²) in [6.07, 6.45) is 8.37. The predicted molar refractivity (Wildman–Crippen MR) is 88.5 cm³/mol. The largest absolute Gasteiger partial charge is 0.370 e. The van der Waals surface area contributed by atoms with Crippen LogP contribution < -0.4 is 5.32 Å². The molecule has 0 saturated carbocycles. The van der Waals surface area contributed by atoms with Gasteiger partial charge in [-0.3, -0.25) is 0 Å². The molecule has 120 valence electrons. The van der Waals surface area contributed by atoms with Crippen LogP contribution in [0.5, 0.6) is 0 Å². The van der Waals surface area contributed by atoms with Crippen LogP contribution in [0.25, 0.3) is 0 Å². The molecule has 1 aromatic rings. The molecule has 1 N–H and O–H groups in total. The van der Waals surface area contributed by atoms with E-state index in [1.165, 1.54) is 24.8 Å². The van der Waals surface area contributed by atoms with E-state index in [0.717, 1.165) is 13.1 Å². The molecule has 2 unspecified atom stereocenters. The van der Waals surface area contributed by atoms with Crippen molar-refractivity contribution in [2.75, 3.05) is 6.54 Å². The lowest BCUT2D eigenvalue weighted by Gasteiger charge is -2.22. The first kappa shape index (κ1) is 16.6. The molecular weight excluding hydrogens is 260 g/mol. The van der Waals surface area contributed by atoms with Crippen molar-refractivity contribution in [3.05, 3.63) is 24.0 Å². The first-order chi connectivity index (χ1) is 9.91. The van der Waals surface area contributed by atoms with Crippen molar-refractivity contribution in [1.82, 2.24) is 9.88 Å². The standard InChI is InChI=1S/C18H32N2O/c1-6-10-19-17(14(2)3)15-8-11-20(12-15)13-16-7-9-18(4,5)21-16/h8,11-12,14,16-17,19H,6-7,9-10,13H2,1-5H3. The zero-order chi connectivity index (χ0) is 15.5. The van der Waals surface area contributed by atoms with Crippen molar-refractivity contribution in [3.63, 3.8) is 0 Å². The zero-order valence-corrected chi connectivity index (χ0v) is 14.4. The lowest BCUT2D eigenvalue weighted by Crippen LogP contribution is -2.26. The van der Waals surface area contributed by atoms with Crippen LogP contribution in [0, 0.1) is 5.92 Å². The Labute approximate surface area is 130 Å². The van der Waals surface area contributed by atoms with Gasteiger partial charge in [0.05, 0.1) is 11.7 Å². The Kier molecular flexibility index (Phi) is 5.50. The van der Waals surface area contributed by atoms with Gasteiger partial charge in [-0.1, -0.05) is 20.8 Å². The fraction of sp³-hybridized carbons (Fsp3) is 0.778. The number of nitrogens with zero attached hydrogens (tertiary/aromatic N) is 1. The molecular formula is C18H32N2O. The minimum absolute atomic E-state index is 0.0593. The van der Waals surface area contributed by atoms with Crippen molar-refractivity contribution >= 4 is 0 Å². The first-order valence-electron chi connectivity index (χ1n) is 8.48. The van der Waals surface area contributed by atoms with Crippen LogP contribution in [0.4, 0.5) is 0 Å². The summed E-state index contributed by atoms with van der Waals surface area (Å²) >= 11 is 0. The van der Waals surface area contributed by atoms with Crippen molar-refractivity contribution in [3.8, 4) is 0 Å². The minimum atomic E-state index is 0.0593. The van der Waals surface area contributed by atoms with E-state index in [9.17, 15) is 0 Å². The Morgan fingerprint density at radius 2 is 2.19 bits per heavy atom. The van der Waals surface area contributed by atoms with E-state index in [1.54, 1.807) is 0 Å². The highest BCUT2D eigenvalue weighted by Gasteiger charge is 2.31. The summed E-state index contributed by atoms with van der Waals surface area (Å²) in [6.45, 7) is 13.2. The molecule has 0 spiro atoms. The molecule has 0 aromatic carbocycles. The van der Waals surface area contributed by atoms with E-state index in [2.05, 4.69) is 63.0 Å². The summed E-state index contributed by atoms with van der Waals surface area (Å²) in [7, 11) is 0. The number of aromatic nitrogens is 1. The van der Waals surface area contributed by atoms with E-state index < -0.39 is 0 Å². The monoisotopic (exact) mass is 292 g/mol. The van der Waals surface area contributed by atoms with Crippen LogP contribution in [0.3, 0.4) is 0 Å². The molecule has 2 heterocycles. The van der Waals surface area contributed by atoms with E-state index >= 15 is 0 Å². The quantitative estimate of drug-likeness (QED) is 0.817. The molecule has 0 bridgehead atoms. The average Bonchev–Trinajstić information content (AvgIpc) is 2.97. The van der Waals surface area contributed by atoms with Crippen molar-refractivity contribution < 1.29 is 4.74 Å². The molecule has 0 radical (unpaired) electrons. The molecule has 1 aromatic heterocycles. The van der Waals surface area contributed by atoms with Gasteiger partial charge in [-0.2, -0.15) is 0 Å². The van der Waals surface area contributed by atoms with Crippen molar-refractivity contribution in [2.45, 2.75) is 78.2 Å². The molecule has 21 heavy (non-hydrogen) atoms. The van der Waals surface area contributed by atoms with Gasteiger partial charge in [0.15, 0.2) is 0 Å². The number of ether oxygens (including phenoxy) is 1. The summed E-state index contributed by atoms with van der Waals surface area (Å²) in [5, 5.41) is 3.66. The van der Waals surface area contributed by atoms with E-state index in [1.807, 2.05) is 0 Å². The van der Waals surface area contributed by atoms with E-state index in [4.69, 9.17) is 4.74 Å². The minimum Gasteiger partial charge on any atom is -0.370 e. The van der Waals surface area contributed by atoms with Gasteiger partial charge >= 0.3 is 0 Å². The third kappa shape index (κ3) is 4.58. The Hall–Kier alpha value is -0.800. The fourth-order valence-corrected chi connectivity index (χ4v) is 3.24. The molecule has 3 heteroatoms. The number of rotatable bonds is 7. The molecule has 2 atom stereocenters. The molecule has 1 aliphatic rings. The fourth-order valence-electron chi connectivity index (χ4n) is 3.24. The Morgan fingerprint density at radius 3 is 2.76 bits per heavy atom. The lowest BCUT2D eigenvalue weighted by molar-refractivity contribution is -0.0216. The zero-order valence-electron chi connectivity index (χ0n) is 14.4. The molecule has 3 nitrogen and oxygen atoms in total. The van der Waals surface area contributed by atoms with Crippen LogP contribution in [0.15, 0.2) is 18.5 Å². The second-order valence-corrected chi connectivity index (χ2v) is 7.36. The highest BCUT2D eigenvalue weighted by atomic mass is 16.5. The van der Waals surface area contributed by atoms with Crippen LogP contribution in [0.1, 0.15) is 65.5 Å². The van der Waals surface area contributed by atoms with Gasteiger partial charge in [-0.05, 0) is 57.2 Å². The van der Waals surface area contributed by atoms with Crippen LogP contribution in [-0.4, -0.2) is 22.8 Å². The third-order valence-corrected chi connectivity index (χ3v) is 4.38. The molecule has 2 rings (SSSR count).